The van der Waals surface area contributed by atoms with Gasteiger partial charge < -0.3 is 0 Å². The van der Waals surface area contributed by atoms with E-state index in [2.05, 4.69) is 0 Å². The van der Waals surface area contributed by atoms with Crippen molar-refractivity contribution < 1.29 is 18.0 Å². The summed E-state index contributed by atoms with van der Waals surface area (Å²) in [6, 6.07) is 8.31. The highest BCUT2D eigenvalue weighted by Gasteiger charge is 2.35. The van der Waals surface area contributed by atoms with Gasteiger partial charge in [-0.2, -0.15) is 0 Å². The van der Waals surface area contributed by atoms with Gasteiger partial charge in [0.2, 0.25) is 0 Å². The molecule has 1 aliphatic carbocycles. The average molecular weight is 262 g/mol. The van der Waals surface area contributed by atoms with Crippen LogP contribution in [0.15, 0.2) is 36.4 Å². The van der Waals surface area contributed by atoms with Crippen molar-refractivity contribution in [2.24, 2.45) is 0 Å². The minimum atomic E-state index is -1.15. The van der Waals surface area contributed by atoms with Gasteiger partial charge in [0.15, 0.2) is 5.78 Å². The number of halogens is 3. The summed E-state index contributed by atoms with van der Waals surface area (Å²) in [6.45, 7) is 0. The molecule has 0 saturated carbocycles. The van der Waals surface area contributed by atoms with E-state index >= 15 is 0 Å². The summed E-state index contributed by atoms with van der Waals surface area (Å²) in [4.78, 5) is 12.1. The van der Waals surface area contributed by atoms with Crippen molar-refractivity contribution in [2.45, 2.75) is 12.3 Å². The molecule has 1 aliphatic rings. The van der Waals surface area contributed by atoms with E-state index in [1.165, 1.54) is 0 Å². The summed E-state index contributed by atoms with van der Waals surface area (Å²) < 4.78 is 39.9. The fraction of sp³-hybridized carbons (Fsp3) is 0.133. The third kappa shape index (κ3) is 1.84. The third-order valence-corrected chi connectivity index (χ3v) is 3.42. The van der Waals surface area contributed by atoms with Crippen molar-refractivity contribution in [3.8, 4) is 0 Å². The summed E-state index contributed by atoms with van der Waals surface area (Å²) in [5.41, 5.74) is 1.14. The minimum Gasteiger partial charge on any atom is -0.293 e. The molecule has 0 aliphatic heterocycles. The van der Waals surface area contributed by atoms with E-state index in [0.717, 1.165) is 11.1 Å². The molecule has 1 atom stereocenters. The first-order valence-corrected chi connectivity index (χ1v) is 5.84. The standard InChI is InChI=1S/C15H9F3O/c16-9-6-12(17)14(13(18)7-9)15(19)11-5-8-3-1-2-4-10(8)11/h1-4,6-7,11H,5H2. The number of Topliss-reactive ketones (excluding diaryl/α,β-unsaturated/α-hetero) is 1. The zero-order valence-corrected chi connectivity index (χ0v) is 9.79. The number of rotatable bonds is 2. The van der Waals surface area contributed by atoms with Crippen LogP contribution in [-0.2, 0) is 6.42 Å². The van der Waals surface area contributed by atoms with E-state index < -0.39 is 34.7 Å². The molecule has 0 aromatic heterocycles. The van der Waals surface area contributed by atoms with Gasteiger partial charge in [-0.3, -0.25) is 4.79 Å². The number of benzene rings is 2. The van der Waals surface area contributed by atoms with Crippen LogP contribution in [0.1, 0.15) is 27.4 Å². The highest BCUT2D eigenvalue weighted by Crippen LogP contribution is 2.38. The number of hydrogen-bond acceptors (Lipinski definition) is 1. The molecule has 0 amide bonds. The molecular formula is C15H9F3O. The molecule has 0 heterocycles. The first kappa shape index (κ1) is 12.0. The van der Waals surface area contributed by atoms with E-state index in [9.17, 15) is 18.0 Å². The lowest BCUT2D eigenvalue weighted by atomic mass is 9.73. The van der Waals surface area contributed by atoms with Crippen molar-refractivity contribution >= 4 is 5.78 Å². The molecule has 1 unspecified atom stereocenters. The second-order valence-electron chi connectivity index (χ2n) is 4.56. The summed E-state index contributed by atoms with van der Waals surface area (Å²) in [6.07, 6.45) is 0.464. The first-order valence-electron chi connectivity index (χ1n) is 5.84. The number of ketones is 1. The maximum atomic E-state index is 13.6. The van der Waals surface area contributed by atoms with Crippen molar-refractivity contribution in [3.63, 3.8) is 0 Å². The Labute approximate surface area is 107 Å². The van der Waals surface area contributed by atoms with Gasteiger partial charge in [0.1, 0.15) is 17.5 Å². The molecular weight excluding hydrogens is 253 g/mol. The Morgan fingerprint density at radius 3 is 2.32 bits per heavy atom. The van der Waals surface area contributed by atoms with E-state index in [4.69, 9.17) is 0 Å². The molecule has 19 heavy (non-hydrogen) atoms. The largest absolute Gasteiger partial charge is 0.293 e. The third-order valence-electron chi connectivity index (χ3n) is 3.42. The summed E-state index contributed by atoms with van der Waals surface area (Å²) in [5, 5.41) is 0. The fourth-order valence-corrected chi connectivity index (χ4v) is 2.44. The Balaban J connectivity index is 2.00. The maximum Gasteiger partial charge on any atom is 0.176 e. The van der Waals surface area contributed by atoms with Gasteiger partial charge in [-0.1, -0.05) is 24.3 Å². The van der Waals surface area contributed by atoms with Crippen LogP contribution in [0, 0.1) is 17.5 Å². The molecule has 2 aromatic carbocycles. The molecule has 0 saturated heterocycles. The predicted octanol–water partition coefficient (Wildman–Crippen LogP) is 3.63. The van der Waals surface area contributed by atoms with Crippen LogP contribution in [0.25, 0.3) is 0 Å². The number of carbonyl (C=O) groups excluding carboxylic acids is 1. The number of carbonyl (C=O) groups is 1. The molecule has 1 nitrogen and oxygen atoms in total. The van der Waals surface area contributed by atoms with Gasteiger partial charge in [-0.05, 0) is 17.5 Å². The van der Waals surface area contributed by atoms with Crippen LogP contribution in [0.3, 0.4) is 0 Å². The molecule has 3 rings (SSSR count). The van der Waals surface area contributed by atoms with Crippen LogP contribution in [0.5, 0.6) is 0 Å². The second-order valence-corrected chi connectivity index (χ2v) is 4.56. The molecule has 4 heteroatoms. The Morgan fingerprint density at radius 1 is 1.05 bits per heavy atom. The topological polar surface area (TPSA) is 17.1 Å². The zero-order valence-electron chi connectivity index (χ0n) is 9.79. The van der Waals surface area contributed by atoms with Crippen LogP contribution < -0.4 is 0 Å². The Hall–Kier alpha value is -2.10. The van der Waals surface area contributed by atoms with Crippen molar-refractivity contribution in [1.29, 1.82) is 0 Å². The zero-order chi connectivity index (χ0) is 13.6. The normalized spacial score (nSPS) is 16.7. The molecule has 2 aromatic rings. The van der Waals surface area contributed by atoms with E-state index in [1.54, 1.807) is 12.1 Å². The van der Waals surface area contributed by atoms with Gasteiger partial charge in [0.05, 0.1) is 11.5 Å². The SMILES string of the molecule is O=C(c1c(F)cc(F)cc1F)C1Cc2ccccc21. The summed E-state index contributed by atoms with van der Waals surface area (Å²) in [5.74, 6) is -4.49. The lowest BCUT2D eigenvalue weighted by molar-refractivity contribution is 0.0940. The number of fused-ring (bicyclic) bond motifs is 1. The monoisotopic (exact) mass is 262 g/mol. The maximum absolute atomic E-state index is 13.6. The minimum absolute atomic E-state index is 0.464. The van der Waals surface area contributed by atoms with Gasteiger partial charge in [0.25, 0.3) is 0 Å². The van der Waals surface area contributed by atoms with Gasteiger partial charge in [0, 0.05) is 12.1 Å². The summed E-state index contributed by atoms with van der Waals surface area (Å²) >= 11 is 0. The number of hydrogen-bond donors (Lipinski definition) is 0. The fourth-order valence-electron chi connectivity index (χ4n) is 2.44. The summed E-state index contributed by atoms with van der Waals surface area (Å²) in [7, 11) is 0. The average Bonchev–Trinajstić information content (AvgIpc) is 2.29. The van der Waals surface area contributed by atoms with Crippen LogP contribution in [-0.4, -0.2) is 5.78 Å². The highest BCUT2D eigenvalue weighted by atomic mass is 19.1. The Morgan fingerprint density at radius 2 is 1.68 bits per heavy atom. The molecule has 96 valence electrons. The van der Waals surface area contributed by atoms with Crippen molar-refractivity contribution in [2.75, 3.05) is 0 Å². The molecule has 0 N–H and O–H groups in total. The van der Waals surface area contributed by atoms with E-state index in [1.807, 2.05) is 12.1 Å². The van der Waals surface area contributed by atoms with Gasteiger partial charge in [-0.25, -0.2) is 13.2 Å². The first-order chi connectivity index (χ1) is 9.08. The van der Waals surface area contributed by atoms with Crippen LogP contribution >= 0.6 is 0 Å². The van der Waals surface area contributed by atoms with Gasteiger partial charge >= 0.3 is 0 Å². The van der Waals surface area contributed by atoms with E-state index in [0.29, 0.717) is 18.6 Å². The predicted molar refractivity (Wildman–Crippen MR) is 63.5 cm³/mol. The lowest BCUT2D eigenvalue weighted by Crippen LogP contribution is -2.26. The van der Waals surface area contributed by atoms with Crippen LogP contribution in [0.4, 0.5) is 13.2 Å². The van der Waals surface area contributed by atoms with Gasteiger partial charge in [-0.15, -0.1) is 0 Å². The molecule has 0 bridgehead atoms. The Bertz CT molecular complexity index is 656. The molecule has 0 radical (unpaired) electrons. The van der Waals surface area contributed by atoms with Crippen LogP contribution in [0.2, 0.25) is 0 Å². The van der Waals surface area contributed by atoms with E-state index in [-0.39, 0.29) is 0 Å². The highest BCUT2D eigenvalue weighted by molar-refractivity contribution is 6.03. The Kier molecular flexibility index (Phi) is 2.66. The molecule has 0 fully saturated rings. The lowest BCUT2D eigenvalue weighted by Gasteiger charge is -2.29. The van der Waals surface area contributed by atoms with Crippen molar-refractivity contribution in [3.05, 3.63) is 70.5 Å². The molecule has 0 spiro atoms. The second kappa shape index (κ2) is 4.23. The smallest absolute Gasteiger partial charge is 0.176 e. The quantitative estimate of drug-likeness (QED) is 0.755. The van der Waals surface area contributed by atoms with Crippen molar-refractivity contribution in [1.82, 2.24) is 0 Å².